The second kappa shape index (κ2) is 11.4. The van der Waals surface area contributed by atoms with Gasteiger partial charge in [-0.3, -0.25) is 19.2 Å². The summed E-state index contributed by atoms with van der Waals surface area (Å²) in [5.41, 5.74) is 2.14. The molecular weight excluding hydrogens is 484 g/mol. The fourth-order valence-electron chi connectivity index (χ4n) is 4.53. The number of carbonyl (C=O) groups excluding carboxylic acids is 2. The Morgan fingerprint density at radius 3 is 2.33 bits per heavy atom. The summed E-state index contributed by atoms with van der Waals surface area (Å²) >= 11 is 1.80. The number of imide groups is 1. The third-order valence-electron chi connectivity index (χ3n) is 6.38. The predicted molar refractivity (Wildman–Crippen MR) is 136 cm³/mol. The molecule has 1 aromatic carbocycles. The number of thiophene rings is 1. The normalized spacial score (nSPS) is 16.0. The van der Waals surface area contributed by atoms with Gasteiger partial charge in [0.15, 0.2) is 0 Å². The molecule has 2 amide bonds. The molecule has 0 radical (unpaired) electrons. The number of rotatable bonds is 6. The largest absolute Gasteiger partial charge is 0.473 e. The number of hydrogen-bond donors (Lipinski definition) is 2. The molecule has 0 saturated carbocycles. The van der Waals surface area contributed by atoms with Gasteiger partial charge >= 0.3 is 18.0 Å². The van der Waals surface area contributed by atoms with Gasteiger partial charge in [0.05, 0.1) is 6.42 Å². The van der Waals surface area contributed by atoms with Crippen molar-refractivity contribution in [1.29, 1.82) is 0 Å². The molecular formula is C25H28N4O6S. The van der Waals surface area contributed by atoms with Crippen molar-refractivity contribution in [3.8, 4) is 0 Å². The number of aromatic nitrogens is 1. The van der Waals surface area contributed by atoms with Crippen LogP contribution in [-0.4, -0.2) is 87.7 Å². The van der Waals surface area contributed by atoms with Gasteiger partial charge in [-0.1, -0.05) is 6.07 Å². The van der Waals surface area contributed by atoms with E-state index in [1.165, 1.54) is 20.7 Å². The predicted octanol–water partition coefficient (Wildman–Crippen LogP) is 2.81. The van der Waals surface area contributed by atoms with E-state index < -0.39 is 11.9 Å². The van der Waals surface area contributed by atoms with Crippen molar-refractivity contribution in [3.05, 3.63) is 53.7 Å². The average molecular weight is 513 g/mol. The molecule has 0 atom stereocenters. The fraction of sp³-hybridized carbons (Fsp3) is 0.360. The van der Waals surface area contributed by atoms with Gasteiger partial charge in [0, 0.05) is 60.4 Å². The van der Waals surface area contributed by atoms with Gasteiger partial charge < -0.3 is 15.1 Å². The summed E-state index contributed by atoms with van der Waals surface area (Å²) in [4.78, 5) is 49.4. The highest BCUT2D eigenvalue weighted by atomic mass is 32.1. The number of carboxylic acid groups (broad SMARTS) is 2. The van der Waals surface area contributed by atoms with E-state index >= 15 is 0 Å². The summed E-state index contributed by atoms with van der Waals surface area (Å²) in [6.45, 7) is 5.70. The number of benzene rings is 1. The van der Waals surface area contributed by atoms with E-state index in [4.69, 9.17) is 19.8 Å². The first-order chi connectivity index (χ1) is 17.3. The Bertz CT molecular complexity index is 1250. The lowest BCUT2D eigenvalue weighted by atomic mass is 10.1. The second-order valence-corrected chi connectivity index (χ2v) is 9.58. The summed E-state index contributed by atoms with van der Waals surface area (Å²) in [7, 11) is 0. The molecule has 11 heteroatoms. The molecule has 190 valence electrons. The minimum absolute atomic E-state index is 0.0811. The Morgan fingerprint density at radius 1 is 0.889 bits per heavy atom. The number of amides is 2. The molecule has 0 unspecified atom stereocenters. The quantitative estimate of drug-likeness (QED) is 0.382. The molecule has 2 aliphatic heterocycles. The number of carboxylic acids is 2. The van der Waals surface area contributed by atoms with Gasteiger partial charge in [0.2, 0.25) is 5.91 Å². The Kier molecular flexibility index (Phi) is 8.01. The van der Waals surface area contributed by atoms with Gasteiger partial charge in [0.1, 0.15) is 0 Å². The van der Waals surface area contributed by atoms with Crippen LogP contribution in [0.3, 0.4) is 0 Å². The fourth-order valence-corrected chi connectivity index (χ4v) is 5.33. The molecule has 4 heterocycles. The van der Waals surface area contributed by atoms with Crippen molar-refractivity contribution in [2.24, 2.45) is 0 Å². The van der Waals surface area contributed by atoms with E-state index in [2.05, 4.69) is 39.4 Å². The maximum Gasteiger partial charge on any atom is 0.414 e. The highest BCUT2D eigenvalue weighted by Gasteiger charge is 2.29. The van der Waals surface area contributed by atoms with Crippen LogP contribution in [0, 0.1) is 0 Å². The van der Waals surface area contributed by atoms with Gasteiger partial charge in [-0.05, 0) is 55.1 Å². The molecule has 0 aliphatic carbocycles. The lowest BCUT2D eigenvalue weighted by molar-refractivity contribution is -0.159. The third kappa shape index (κ3) is 5.74. The van der Waals surface area contributed by atoms with E-state index in [-0.39, 0.29) is 11.9 Å². The zero-order chi connectivity index (χ0) is 25.7. The number of hydrogen-bond acceptors (Lipinski definition) is 7. The Hall–Kier alpha value is -3.70. The topological polar surface area (TPSA) is 123 Å². The van der Waals surface area contributed by atoms with E-state index in [0.29, 0.717) is 13.0 Å². The van der Waals surface area contributed by atoms with Crippen molar-refractivity contribution in [2.75, 3.05) is 44.2 Å². The zero-order valence-electron chi connectivity index (χ0n) is 19.7. The maximum absolute atomic E-state index is 12.5. The van der Waals surface area contributed by atoms with Crippen LogP contribution < -0.4 is 4.90 Å². The van der Waals surface area contributed by atoms with Gasteiger partial charge in [-0.15, -0.1) is 11.3 Å². The van der Waals surface area contributed by atoms with E-state index in [1.54, 1.807) is 22.1 Å². The molecule has 1 fully saturated rings. The summed E-state index contributed by atoms with van der Waals surface area (Å²) in [5.74, 6) is -3.73. The van der Waals surface area contributed by atoms with Crippen LogP contribution in [0.15, 0.2) is 48.0 Å². The molecule has 10 nitrogen and oxygen atoms in total. The first-order valence-electron chi connectivity index (χ1n) is 11.8. The summed E-state index contributed by atoms with van der Waals surface area (Å²) in [6.07, 6.45) is 3.91. The van der Waals surface area contributed by atoms with Gasteiger partial charge in [-0.25, -0.2) is 14.4 Å². The minimum Gasteiger partial charge on any atom is -0.473 e. The molecule has 1 saturated heterocycles. The van der Waals surface area contributed by atoms with Crippen molar-refractivity contribution in [3.63, 3.8) is 0 Å². The summed E-state index contributed by atoms with van der Waals surface area (Å²) in [6, 6.07) is 12.3. The second-order valence-electron chi connectivity index (χ2n) is 8.63. The van der Waals surface area contributed by atoms with Crippen molar-refractivity contribution in [1.82, 2.24) is 14.4 Å². The third-order valence-corrected chi connectivity index (χ3v) is 7.26. The van der Waals surface area contributed by atoms with Crippen LogP contribution in [0.4, 0.5) is 10.5 Å². The van der Waals surface area contributed by atoms with Crippen molar-refractivity contribution < 1.29 is 29.4 Å². The highest BCUT2D eigenvalue weighted by molar-refractivity contribution is 7.17. The number of anilines is 1. The van der Waals surface area contributed by atoms with Crippen molar-refractivity contribution >= 4 is 51.0 Å². The SMILES string of the molecule is O=C(O)C(=O)O.O=C1Cc2cccn2C(=O)N1CCCCN1CCN(c2cccc3sccc23)CC1. The van der Waals surface area contributed by atoms with Crippen molar-refractivity contribution in [2.45, 2.75) is 19.3 Å². The number of fused-ring (bicyclic) bond motifs is 2. The standard InChI is InChI=1S/C23H26N4O2S.C2H2O4/c28-22-17-18-5-4-11-26(18)23(29)27(22)10-2-1-9-24-12-14-25(15-13-24)20-6-3-7-21-19(20)8-16-30-21;3-1(4)2(5)6/h3-8,11,16H,1-2,9-10,12-15,17H2;(H,3,4)(H,5,6). The monoisotopic (exact) mass is 512 g/mol. The zero-order valence-corrected chi connectivity index (χ0v) is 20.5. The molecule has 2 aromatic heterocycles. The smallest absolute Gasteiger partial charge is 0.414 e. The Morgan fingerprint density at radius 2 is 1.61 bits per heavy atom. The average Bonchev–Trinajstić information content (AvgIpc) is 3.54. The summed E-state index contributed by atoms with van der Waals surface area (Å²) < 4.78 is 2.94. The van der Waals surface area contributed by atoms with Crippen LogP contribution in [0.1, 0.15) is 18.5 Å². The number of unbranched alkanes of at least 4 members (excludes halogenated alkanes) is 1. The minimum atomic E-state index is -1.82. The lowest BCUT2D eigenvalue weighted by Gasteiger charge is -2.36. The molecule has 36 heavy (non-hydrogen) atoms. The first kappa shape index (κ1) is 25.4. The number of piperazine rings is 1. The van der Waals surface area contributed by atoms with Crippen LogP contribution in [0.5, 0.6) is 0 Å². The molecule has 0 bridgehead atoms. The highest BCUT2D eigenvalue weighted by Crippen LogP contribution is 2.31. The molecule has 3 aromatic rings. The Labute approximate surface area is 211 Å². The summed E-state index contributed by atoms with van der Waals surface area (Å²) in [5, 5.41) is 18.3. The van der Waals surface area contributed by atoms with E-state index in [1.807, 2.05) is 12.1 Å². The maximum atomic E-state index is 12.5. The number of nitrogens with zero attached hydrogens (tertiary/aromatic N) is 4. The first-order valence-corrected chi connectivity index (χ1v) is 12.6. The van der Waals surface area contributed by atoms with Gasteiger partial charge in [-0.2, -0.15) is 0 Å². The molecule has 5 rings (SSSR count). The van der Waals surface area contributed by atoms with Crippen LogP contribution in [0.2, 0.25) is 0 Å². The lowest BCUT2D eigenvalue weighted by Crippen LogP contribution is -2.47. The van der Waals surface area contributed by atoms with E-state index in [0.717, 1.165) is 51.3 Å². The molecule has 2 aliphatic rings. The number of aliphatic carboxylic acids is 2. The Balaban J connectivity index is 0.000000455. The van der Waals surface area contributed by atoms with Crippen LogP contribution >= 0.6 is 11.3 Å². The number of carbonyl (C=O) groups is 4. The molecule has 2 N–H and O–H groups in total. The van der Waals surface area contributed by atoms with Gasteiger partial charge in [0.25, 0.3) is 0 Å². The van der Waals surface area contributed by atoms with Crippen LogP contribution in [-0.2, 0) is 20.8 Å². The van der Waals surface area contributed by atoms with E-state index in [9.17, 15) is 9.59 Å². The molecule has 0 spiro atoms. The van der Waals surface area contributed by atoms with Crippen LogP contribution in [0.25, 0.3) is 10.1 Å².